The second kappa shape index (κ2) is 4.29. The normalized spacial score (nSPS) is 11.1. The van der Waals surface area contributed by atoms with Gasteiger partial charge in [0.2, 0.25) is 0 Å². The van der Waals surface area contributed by atoms with E-state index in [2.05, 4.69) is 4.18 Å². The van der Waals surface area contributed by atoms with Gasteiger partial charge in [-0.15, -0.1) is 13.2 Å². The standard InChI is InChI=1S/CHF3O3S.Ag/c2-1(3,4)7-8(5)6;/h8H;. The molecule has 0 aliphatic heterocycles. The Morgan fingerprint density at radius 3 is 1.56 bits per heavy atom. The maximum atomic E-state index is 10.7. The summed E-state index contributed by atoms with van der Waals surface area (Å²) in [4.78, 5) is 0. The number of rotatable bonds is 1. The van der Waals surface area contributed by atoms with Crippen LogP contribution >= 0.6 is 0 Å². The summed E-state index contributed by atoms with van der Waals surface area (Å²) in [5, 5.41) is 0. The monoisotopic (exact) mass is 257 g/mol. The van der Waals surface area contributed by atoms with Crippen LogP contribution in [0.25, 0.3) is 0 Å². The maximum absolute atomic E-state index is 10.7. The Morgan fingerprint density at radius 1 is 1.22 bits per heavy atom. The predicted octanol–water partition coefficient (Wildman–Crippen LogP) is 0.0467. The molecular weight excluding hydrogens is 257 g/mol. The van der Waals surface area contributed by atoms with Gasteiger partial charge in [0.25, 0.3) is 11.0 Å². The van der Waals surface area contributed by atoms with Gasteiger partial charge >= 0.3 is 6.36 Å². The van der Waals surface area contributed by atoms with Gasteiger partial charge in [0, 0.05) is 22.4 Å². The van der Waals surface area contributed by atoms with Gasteiger partial charge in [0.05, 0.1) is 0 Å². The fraction of sp³-hybridized carbons (Fsp3) is 1.00. The summed E-state index contributed by atoms with van der Waals surface area (Å²) >= 11 is 0. The molecular formula is CHAgF3O3S. The SMILES string of the molecule is O=[SH](=O)OC(F)(F)F.[Ag]. The molecule has 0 aromatic carbocycles. The maximum Gasteiger partial charge on any atom is 0.537 e. The molecule has 9 heavy (non-hydrogen) atoms. The Kier molecular flexibility index (Phi) is 5.79. The van der Waals surface area contributed by atoms with Gasteiger partial charge < -0.3 is 0 Å². The van der Waals surface area contributed by atoms with Crippen LogP contribution in [0.1, 0.15) is 0 Å². The van der Waals surface area contributed by atoms with Crippen LogP contribution in [0, 0.1) is 0 Å². The fourth-order valence-corrected chi connectivity index (χ4v) is 0.254. The van der Waals surface area contributed by atoms with Crippen molar-refractivity contribution < 1.29 is 48.2 Å². The third kappa shape index (κ3) is 11.8. The molecule has 0 N–H and O–H groups in total. The molecule has 0 bridgehead atoms. The van der Waals surface area contributed by atoms with Crippen molar-refractivity contribution in [2.24, 2.45) is 0 Å². The average Bonchev–Trinajstić information content (AvgIpc) is 1.21. The Morgan fingerprint density at radius 2 is 1.56 bits per heavy atom. The third-order valence-electron chi connectivity index (χ3n) is 0.178. The van der Waals surface area contributed by atoms with E-state index in [-0.39, 0.29) is 22.4 Å². The van der Waals surface area contributed by atoms with Crippen LogP contribution in [0.15, 0.2) is 0 Å². The van der Waals surface area contributed by atoms with Crippen molar-refractivity contribution >= 4 is 11.0 Å². The molecule has 1 radical (unpaired) electrons. The molecule has 0 aliphatic rings. The Labute approximate surface area is 65.8 Å². The molecule has 61 valence electrons. The van der Waals surface area contributed by atoms with E-state index < -0.39 is 17.3 Å². The second-order valence-corrected chi connectivity index (χ2v) is 1.39. The molecule has 0 saturated carbocycles. The third-order valence-corrected chi connectivity index (χ3v) is 0.534. The van der Waals surface area contributed by atoms with Crippen LogP contribution in [-0.2, 0) is 37.5 Å². The van der Waals surface area contributed by atoms with E-state index in [1.807, 2.05) is 0 Å². The van der Waals surface area contributed by atoms with Crippen LogP contribution < -0.4 is 0 Å². The Balaban J connectivity index is 0. The van der Waals surface area contributed by atoms with Gasteiger partial charge in [0.15, 0.2) is 0 Å². The van der Waals surface area contributed by atoms with Gasteiger partial charge in [-0.2, -0.15) is 4.18 Å². The Hall–Kier alpha value is 0.440. The summed E-state index contributed by atoms with van der Waals surface area (Å²) in [6, 6.07) is 0. The molecule has 0 aliphatic carbocycles. The van der Waals surface area contributed by atoms with E-state index in [0.717, 1.165) is 0 Å². The van der Waals surface area contributed by atoms with Gasteiger partial charge in [-0.25, -0.2) is 8.42 Å². The topological polar surface area (TPSA) is 43.4 Å². The number of hydrogen-bond acceptors (Lipinski definition) is 3. The molecule has 8 heteroatoms. The zero-order valence-electron chi connectivity index (χ0n) is 3.61. The first-order valence-electron chi connectivity index (χ1n) is 1.32. The minimum Gasteiger partial charge on any atom is -0.202 e. The number of hydrogen-bond donors (Lipinski definition) is 1. The molecule has 0 unspecified atom stereocenters. The van der Waals surface area contributed by atoms with E-state index in [9.17, 15) is 13.2 Å². The summed E-state index contributed by atoms with van der Waals surface area (Å²) in [7, 11) is -3.81. The van der Waals surface area contributed by atoms with Crippen molar-refractivity contribution in [1.29, 1.82) is 0 Å². The molecule has 0 aromatic heterocycles. The van der Waals surface area contributed by atoms with Crippen LogP contribution in [0.3, 0.4) is 0 Å². The van der Waals surface area contributed by atoms with E-state index >= 15 is 0 Å². The summed E-state index contributed by atoms with van der Waals surface area (Å²) in [6.07, 6.45) is -5.07. The smallest absolute Gasteiger partial charge is 0.202 e. The van der Waals surface area contributed by atoms with Crippen LogP contribution in [0.4, 0.5) is 13.2 Å². The first-order valence-corrected chi connectivity index (χ1v) is 2.41. The van der Waals surface area contributed by atoms with Crippen molar-refractivity contribution in [3.05, 3.63) is 0 Å². The minimum absolute atomic E-state index is 0. The largest absolute Gasteiger partial charge is 0.537 e. The number of alkyl halides is 3. The molecule has 0 amide bonds. The van der Waals surface area contributed by atoms with Gasteiger partial charge in [-0.3, -0.25) is 0 Å². The first kappa shape index (κ1) is 12.1. The van der Waals surface area contributed by atoms with E-state index in [4.69, 9.17) is 8.42 Å². The number of halogens is 3. The summed E-state index contributed by atoms with van der Waals surface area (Å²) in [5.74, 6) is 0. The van der Waals surface area contributed by atoms with Crippen molar-refractivity contribution in [1.82, 2.24) is 0 Å². The molecule has 0 aromatic rings. The minimum atomic E-state index is -5.07. The quantitative estimate of drug-likeness (QED) is 0.533. The van der Waals surface area contributed by atoms with Crippen molar-refractivity contribution in [3.63, 3.8) is 0 Å². The summed E-state index contributed by atoms with van der Waals surface area (Å²) < 4.78 is 52.7. The van der Waals surface area contributed by atoms with Crippen molar-refractivity contribution in [3.8, 4) is 0 Å². The zero-order chi connectivity index (χ0) is 6.78. The van der Waals surface area contributed by atoms with Crippen LogP contribution in [0.2, 0.25) is 0 Å². The molecule has 0 saturated heterocycles. The molecule has 0 heterocycles. The first-order chi connectivity index (χ1) is 3.42. The van der Waals surface area contributed by atoms with Crippen LogP contribution in [-0.4, -0.2) is 14.8 Å². The zero-order valence-corrected chi connectivity index (χ0v) is 5.98. The van der Waals surface area contributed by atoms with Crippen molar-refractivity contribution in [2.75, 3.05) is 0 Å². The molecule has 0 rings (SSSR count). The van der Waals surface area contributed by atoms with Gasteiger partial charge in [-0.1, -0.05) is 0 Å². The molecule has 0 spiro atoms. The Bertz CT molecular complexity index is 130. The summed E-state index contributed by atoms with van der Waals surface area (Å²) in [6.45, 7) is 0. The molecule has 0 atom stereocenters. The predicted molar refractivity (Wildman–Crippen MR) is 17.5 cm³/mol. The number of thiol groups is 1. The second-order valence-electron chi connectivity index (χ2n) is 0.761. The average molecular weight is 258 g/mol. The van der Waals surface area contributed by atoms with Crippen molar-refractivity contribution in [2.45, 2.75) is 6.36 Å². The summed E-state index contributed by atoms with van der Waals surface area (Å²) in [5.41, 5.74) is 0. The van der Waals surface area contributed by atoms with E-state index in [0.29, 0.717) is 0 Å². The van der Waals surface area contributed by atoms with E-state index in [1.165, 1.54) is 0 Å². The molecule has 0 fully saturated rings. The van der Waals surface area contributed by atoms with E-state index in [1.54, 1.807) is 0 Å². The van der Waals surface area contributed by atoms with Crippen LogP contribution in [0.5, 0.6) is 0 Å². The fourth-order valence-electron chi connectivity index (χ4n) is 0.0845. The van der Waals surface area contributed by atoms with Gasteiger partial charge in [0.1, 0.15) is 0 Å². The van der Waals surface area contributed by atoms with Gasteiger partial charge in [-0.05, 0) is 0 Å². The molecule has 3 nitrogen and oxygen atoms in total.